The molecule has 0 saturated carbocycles. The molecule has 0 saturated heterocycles. The molecule has 0 aliphatic heterocycles. The number of benzene rings is 2. The van der Waals surface area contributed by atoms with E-state index in [2.05, 4.69) is 26.4 Å². The van der Waals surface area contributed by atoms with Crippen LogP contribution in [0.15, 0.2) is 46.8 Å². The molecule has 7 nitrogen and oxygen atoms in total. The number of carbonyl (C=O) groups excluding carboxylic acids is 2. The first-order valence-corrected chi connectivity index (χ1v) is 10.4. The van der Waals surface area contributed by atoms with Crippen LogP contribution in [-0.4, -0.2) is 27.8 Å². The molecule has 150 valence electrons. The minimum Gasteiger partial charge on any atom is -0.330 e. The predicted molar refractivity (Wildman–Crippen MR) is 112 cm³/mol. The fourth-order valence-corrected chi connectivity index (χ4v) is 3.83. The van der Waals surface area contributed by atoms with Crippen molar-refractivity contribution in [1.82, 2.24) is 21.0 Å². The van der Waals surface area contributed by atoms with E-state index in [1.807, 2.05) is 19.1 Å². The molecule has 1 heterocycles. The molecule has 0 aliphatic carbocycles. The largest absolute Gasteiger partial charge is 0.330 e. The summed E-state index contributed by atoms with van der Waals surface area (Å²) < 4.78 is 13.4. The molecule has 0 spiro atoms. The molecule has 11 heteroatoms. The lowest BCUT2D eigenvalue weighted by Gasteiger charge is -2.06. The summed E-state index contributed by atoms with van der Waals surface area (Å²) in [6.45, 7) is 1.92. The van der Waals surface area contributed by atoms with E-state index in [1.165, 1.54) is 35.2 Å². The summed E-state index contributed by atoms with van der Waals surface area (Å²) in [5.74, 6) is -1.37. The fraction of sp³-hybridized carbons (Fsp3) is 0.111. The number of hydrazine groups is 1. The number of nitrogens with zero attached hydrogens (tertiary/aromatic N) is 2. The second-order valence-corrected chi connectivity index (χ2v) is 8.37. The summed E-state index contributed by atoms with van der Waals surface area (Å²) in [6.07, 6.45) is 0. The summed E-state index contributed by atoms with van der Waals surface area (Å²) in [7, 11) is 0. The number of amides is 2. The highest BCUT2D eigenvalue weighted by Gasteiger charge is 2.11. The zero-order valence-electron chi connectivity index (χ0n) is 15.0. The third-order valence-corrected chi connectivity index (χ3v) is 5.96. The average molecular weight is 452 g/mol. The van der Waals surface area contributed by atoms with Gasteiger partial charge in [-0.15, -0.1) is 10.2 Å². The van der Waals surface area contributed by atoms with E-state index >= 15 is 0 Å². The van der Waals surface area contributed by atoms with Gasteiger partial charge in [-0.05, 0) is 48.9 Å². The number of aromatic nitrogens is 2. The highest BCUT2D eigenvalue weighted by atomic mass is 35.5. The topological polar surface area (TPSA) is 96.0 Å². The van der Waals surface area contributed by atoms with Gasteiger partial charge in [-0.25, -0.2) is 4.39 Å². The van der Waals surface area contributed by atoms with Crippen molar-refractivity contribution >= 4 is 57.3 Å². The van der Waals surface area contributed by atoms with Crippen LogP contribution in [0.2, 0.25) is 5.02 Å². The smallest absolute Gasteiger partial charge is 0.269 e. The molecule has 0 atom stereocenters. The number of hydrogen-bond acceptors (Lipinski definition) is 7. The minimum atomic E-state index is -0.539. The van der Waals surface area contributed by atoms with Crippen LogP contribution in [0.3, 0.4) is 0 Å². The Kier molecular flexibility index (Phi) is 7.02. The van der Waals surface area contributed by atoms with Crippen LogP contribution in [0, 0.1) is 12.7 Å². The summed E-state index contributed by atoms with van der Waals surface area (Å²) >= 11 is 8.57. The van der Waals surface area contributed by atoms with Crippen molar-refractivity contribution in [3.05, 3.63) is 64.4 Å². The molecule has 3 aromatic rings. The standard InChI is InChI=1S/C18H15ClFN5O2S2/c1-10-2-7-13(8-14(10)19)21-17-24-25-18(29-17)28-9-15(26)22-23-16(27)11-3-5-12(20)6-4-11/h2-8H,9H2,1H3,(H,21,24)(H,22,26)(H,23,27). The molecular weight excluding hydrogens is 437 g/mol. The maximum Gasteiger partial charge on any atom is 0.269 e. The van der Waals surface area contributed by atoms with Gasteiger partial charge in [0.1, 0.15) is 5.82 Å². The van der Waals surface area contributed by atoms with E-state index in [1.54, 1.807) is 6.07 Å². The molecule has 0 unspecified atom stereocenters. The predicted octanol–water partition coefficient (Wildman–Crippen LogP) is 3.94. The van der Waals surface area contributed by atoms with Gasteiger partial charge in [-0.2, -0.15) is 0 Å². The second-order valence-electron chi connectivity index (χ2n) is 5.76. The number of thioether (sulfide) groups is 1. The van der Waals surface area contributed by atoms with E-state index in [0.29, 0.717) is 14.5 Å². The number of rotatable bonds is 6. The Morgan fingerprint density at radius 2 is 1.90 bits per heavy atom. The summed E-state index contributed by atoms with van der Waals surface area (Å²) in [4.78, 5) is 23.8. The van der Waals surface area contributed by atoms with Gasteiger partial charge in [0.05, 0.1) is 5.75 Å². The highest BCUT2D eigenvalue weighted by Crippen LogP contribution is 2.29. The Bertz CT molecular complexity index is 1030. The molecule has 0 radical (unpaired) electrons. The summed E-state index contributed by atoms with van der Waals surface area (Å²) in [5, 5.41) is 12.4. The molecule has 0 fully saturated rings. The van der Waals surface area contributed by atoms with E-state index in [4.69, 9.17) is 11.6 Å². The number of nitrogens with one attached hydrogen (secondary N) is 3. The molecule has 3 N–H and O–H groups in total. The Hall–Kier alpha value is -2.69. The van der Waals surface area contributed by atoms with E-state index in [9.17, 15) is 14.0 Å². The van der Waals surface area contributed by atoms with E-state index in [0.717, 1.165) is 23.4 Å². The molecule has 2 aromatic carbocycles. The minimum absolute atomic E-state index is 0.0364. The quantitative estimate of drug-likeness (QED) is 0.388. The fourth-order valence-electron chi connectivity index (χ4n) is 2.08. The van der Waals surface area contributed by atoms with Gasteiger partial charge in [0.25, 0.3) is 5.91 Å². The lowest BCUT2D eigenvalue weighted by atomic mass is 10.2. The first-order valence-electron chi connectivity index (χ1n) is 8.25. The zero-order chi connectivity index (χ0) is 20.8. The maximum absolute atomic E-state index is 12.9. The van der Waals surface area contributed by atoms with E-state index in [-0.39, 0.29) is 11.3 Å². The van der Waals surface area contributed by atoms with Gasteiger partial charge in [-0.3, -0.25) is 20.4 Å². The summed E-state index contributed by atoms with van der Waals surface area (Å²) in [6, 6.07) is 10.5. The van der Waals surface area contributed by atoms with Crippen LogP contribution in [0.5, 0.6) is 0 Å². The highest BCUT2D eigenvalue weighted by molar-refractivity contribution is 8.01. The number of aryl methyl sites for hydroxylation is 1. The number of halogens is 2. The Morgan fingerprint density at radius 3 is 2.62 bits per heavy atom. The van der Waals surface area contributed by atoms with Crippen molar-refractivity contribution in [2.45, 2.75) is 11.3 Å². The average Bonchev–Trinajstić information content (AvgIpc) is 3.15. The second kappa shape index (κ2) is 9.68. The number of carbonyl (C=O) groups is 2. The zero-order valence-corrected chi connectivity index (χ0v) is 17.4. The maximum atomic E-state index is 12.9. The van der Waals surface area contributed by atoms with Gasteiger partial charge in [0.2, 0.25) is 11.0 Å². The normalized spacial score (nSPS) is 10.4. The van der Waals surface area contributed by atoms with Crippen molar-refractivity contribution in [2.24, 2.45) is 0 Å². The Labute approximate surface area is 179 Å². The van der Waals surface area contributed by atoms with Crippen LogP contribution in [0.25, 0.3) is 0 Å². The number of anilines is 2. The van der Waals surface area contributed by atoms with Gasteiger partial charge < -0.3 is 5.32 Å². The van der Waals surface area contributed by atoms with Crippen LogP contribution >= 0.6 is 34.7 Å². The lowest BCUT2D eigenvalue weighted by molar-refractivity contribution is -0.119. The van der Waals surface area contributed by atoms with Crippen molar-refractivity contribution < 1.29 is 14.0 Å². The van der Waals surface area contributed by atoms with E-state index < -0.39 is 17.6 Å². The SMILES string of the molecule is Cc1ccc(Nc2nnc(SCC(=O)NNC(=O)c3ccc(F)cc3)s2)cc1Cl. The van der Waals surface area contributed by atoms with Crippen LogP contribution < -0.4 is 16.2 Å². The Balaban J connectivity index is 1.45. The molecule has 3 rings (SSSR count). The molecule has 2 amide bonds. The van der Waals surface area contributed by atoms with Gasteiger partial charge in [0.15, 0.2) is 4.34 Å². The lowest BCUT2D eigenvalue weighted by Crippen LogP contribution is -2.42. The molecule has 1 aromatic heterocycles. The Morgan fingerprint density at radius 1 is 1.14 bits per heavy atom. The first kappa shape index (κ1) is 21.0. The number of hydrogen-bond donors (Lipinski definition) is 3. The monoisotopic (exact) mass is 451 g/mol. The van der Waals surface area contributed by atoms with Gasteiger partial charge in [-0.1, -0.05) is 40.8 Å². The van der Waals surface area contributed by atoms with Crippen molar-refractivity contribution in [2.75, 3.05) is 11.1 Å². The van der Waals surface area contributed by atoms with Crippen molar-refractivity contribution in [1.29, 1.82) is 0 Å². The first-order chi connectivity index (χ1) is 13.9. The molecular formula is C18H15ClFN5O2S2. The van der Waals surface area contributed by atoms with Crippen LogP contribution in [-0.2, 0) is 4.79 Å². The third kappa shape index (κ3) is 6.14. The van der Waals surface area contributed by atoms with Crippen LogP contribution in [0.4, 0.5) is 15.2 Å². The molecule has 0 aliphatic rings. The van der Waals surface area contributed by atoms with Gasteiger partial charge >= 0.3 is 0 Å². The van der Waals surface area contributed by atoms with Gasteiger partial charge in [0, 0.05) is 16.3 Å². The van der Waals surface area contributed by atoms with Crippen molar-refractivity contribution in [3.8, 4) is 0 Å². The third-order valence-electron chi connectivity index (χ3n) is 3.58. The summed E-state index contributed by atoms with van der Waals surface area (Å²) in [5.41, 5.74) is 6.56. The van der Waals surface area contributed by atoms with Crippen LogP contribution in [0.1, 0.15) is 15.9 Å². The molecule has 29 heavy (non-hydrogen) atoms. The molecule has 0 bridgehead atoms. The van der Waals surface area contributed by atoms with Crippen molar-refractivity contribution in [3.63, 3.8) is 0 Å².